The van der Waals surface area contributed by atoms with E-state index >= 15 is 0 Å². The average Bonchev–Trinajstić information content (AvgIpc) is 3.10. The molecule has 0 radical (unpaired) electrons. The van der Waals surface area contributed by atoms with E-state index in [1.54, 1.807) is 42.5 Å². The number of aryl methyl sites for hydroxylation is 2. The van der Waals surface area contributed by atoms with Gasteiger partial charge in [-0.2, -0.15) is 0 Å². The molecule has 0 aromatic heterocycles. The molecule has 4 rings (SSSR count). The number of carbonyl (C=O) groups is 3. The fraction of sp³-hybridized carbons (Fsp3) is 0.207. The van der Waals surface area contributed by atoms with Crippen molar-refractivity contribution >= 4 is 46.4 Å². The first kappa shape index (κ1) is 26.0. The van der Waals surface area contributed by atoms with Crippen molar-refractivity contribution in [3.8, 4) is 5.75 Å². The van der Waals surface area contributed by atoms with Gasteiger partial charge >= 0.3 is 0 Å². The third-order valence-electron chi connectivity index (χ3n) is 5.96. The van der Waals surface area contributed by atoms with E-state index in [0.29, 0.717) is 29.2 Å². The van der Waals surface area contributed by atoms with Crippen molar-refractivity contribution in [2.45, 2.75) is 33.6 Å². The van der Waals surface area contributed by atoms with Crippen LogP contribution in [-0.4, -0.2) is 24.3 Å². The standard InChI is InChI=1S/C29H28ClN3O4/c1-4-5-16-37-23-14-10-21(11-15-23)31-27(34)20-9-8-19(3)24(17-20)32-26-25(30)28(35)33(29(26)36)22-12-6-18(2)7-13-22/h6-15,17,32H,4-5,16H2,1-3H3,(H,31,34). The molecule has 8 heteroatoms. The maximum Gasteiger partial charge on any atom is 0.283 e. The molecule has 1 aliphatic heterocycles. The molecule has 0 fully saturated rings. The molecule has 0 atom stereocenters. The topological polar surface area (TPSA) is 87.7 Å². The summed E-state index contributed by atoms with van der Waals surface area (Å²) in [5.74, 6) is -0.743. The number of anilines is 3. The van der Waals surface area contributed by atoms with Gasteiger partial charge in [-0.15, -0.1) is 0 Å². The molecule has 3 aromatic rings. The summed E-state index contributed by atoms with van der Waals surface area (Å²) in [7, 11) is 0. The van der Waals surface area contributed by atoms with Crippen molar-refractivity contribution in [3.63, 3.8) is 0 Å². The van der Waals surface area contributed by atoms with Crippen LogP contribution in [0.1, 0.15) is 41.3 Å². The normalized spacial score (nSPS) is 13.2. The molecule has 0 bridgehead atoms. The van der Waals surface area contributed by atoms with E-state index in [9.17, 15) is 14.4 Å². The molecule has 0 spiro atoms. The van der Waals surface area contributed by atoms with Gasteiger partial charge < -0.3 is 15.4 Å². The van der Waals surface area contributed by atoms with Crippen molar-refractivity contribution in [1.29, 1.82) is 0 Å². The van der Waals surface area contributed by atoms with Gasteiger partial charge in [-0.05, 0) is 74.4 Å². The predicted octanol–water partition coefficient (Wildman–Crippen LogP) is 6.17. The summed E-state index contributed by atoms with van der Waals surface area (Å²) < 4.78 is 5.66. The second-order valence-electron chi connectivity index (χ2n) is 8.81. The van der Waals surface area contributed by atoms with Crippen molar-refractivity contribution < 1.29 is 19.1 Å². The largest absolute Gasteiger partial charge is 0.494 e. The van der Waals surface area contributed by atoms with Crippen molar-refractivity contribution in [2.24, 2.45) is 0 Å². The number of hydrogen-bond donors (Lipinski definition) is 2. The SMILES string of the molecule is CCCCOc1ccc(NC(=O)c2ccc(C)c(NC3=C(Cl)C(=O)N(c4ccc(C)cc4)C3=O)c2)cc1. The van der Waals surface area contributed by atoms with E-state index in [0.717, 1.165) is 34.6 Å². The number of unbranched alkanes of at least 4 members (excludes halogenated alkanes) is 1. The number of nitrogens with one attached hydrogen (secondary N) is 2. The van der Waals surface area contributed by atoms with E-state index in [2.05, 4.69) is 17.6 Å². The van der Waals surface area contributed by atoms with Crippen LogP contribution in [0.2, 0.25) is 0 Å². The van der Waals surface area contributed by atoms with E-state index in [1.165, 1.54) is 0 Å². The van der Waals surface area contributed by atoms with Crippen LogP contribution in [0, 0.1) is 13.8 Å². The predicted molar refractivity (Wildman–Crippen MR) is 146 cm³/mol. The van der Waals surface area contributed by atoms with E-state index < -0.39 is 11.8 Å². The number of nitrogens with zero attached hydrogens (tertiary/aromatic N) is 1. The molecule has 3 aromatic carbocycles. The number of amides is 3. The molecular formula is C29H28ClN3O4. The van der Waals surface area contributed by atoms with Gasteiger partial charge in [-0.25, -0.2) is 4.90 Å². The first-order valence-electron chi connectivity index (χ1n) is 12.1. The smallest absolute Gasteiger partial charge is 0.283 e. The molecule has 190 valence electrons. The number of benzene rings is 3. The summed E-state index contributed by atoms with van der Waals surface area (Å²) in [6.07, 6.45) is 2.04. The number of imide groups is 1. The fourth-order valence-electron chi connectivity index (χ4n) is 3.74. The molecule has 0 saturated heterocycles. The molecule has 7 nitrogen and oxygen atoms in total. The second kappa shape index (κ2) is 11.3. The van der Waals surface area contributed by atoms with Crippen LogP contribution in [0.3, 0.4) is 0 Å². The Morgan fingerprint density at radius 3 is 2.32 bits per heavy atom. The van der Waals surface area contributed by atoms with E-state index in [4.69, 9.17) is 16.3 Å². The Balaban J connectivity index is 1.48. The van der Waals surface area contributed by atoms with Gasteiger partial charge in [0.05, 0.1) is 12.3 Å². The molecule has 1 aliphatic rings. The van der Waals surface area contributed by atoms with Gasteiger partial charge in [-0.1, -0.05) is 48.7 Å². The number of rotatable bonds is 9. The fourth-order valence-corrected chi connectivity index (χ4v) is 3.96. The summed E-state index contributed by atoms with van der Waals surface area (Å²) in [5.41, 5.74) is 3.67. The van der Waals surface area contributed by atoms with Crippen LogP contribution in [0.5, 0.6) is 5.75 Å². The lowest BCUT2D eigenvalue weighted by Gasteiger charge is -2.16. The number of carbonyl (C=O) groups excluding carboxylic acids is 3. The highest BCUT2D eigenvalue weighted by atomic mass is 35.5. The first-order valence-corrected chi connectivity index (χ1v) is 12.4. The van der Waals surface area contributed by atoms with Crippen LogP contribution in [0.15, 0.2) is 77.5 Å². The maximum atomic E-state index is 13.1. The average molecular weight is 518 g/mol. The van der Waals surface area contributed by atoms with Gasteiger partial charge in [0.25, 0.3) is 17.7 Å². The van der Waals surface area contributed by atoms with Crippen LogP contribution >= 0.6 is 11.6 Å². The molecular weight excluding hydrogens is 490 g/mol. The quantitative estimate of drug-likeness (QED) is 0.262. The van der Waals surface area contributed by atoms with Crippen LogP contribution in [-0.2, 0) is 9.59 Å². The van der Waals surface area contributed by atoms with Crippen LogP contribution < -0.4 is 20.3 Å². The molecule has 0 aliphatic carbocycles. The van der Waals surface area contributed by atoms with Crippen molar-refractivity contribution in [3.05, 3.63) is 94.1 Å². The Bertz CT molecular complexity index is 1360. The zero-order valence-corrected chi connectivity index (χ0v) is 21.7. The van der Waals surface area contributed by atoms with Gasteiger partial charge in [0.1, 0.15) is 16.5 Å². The zero-order valence-electron chi connectivity index (χ0n) is 20.9. The van der Waals surface area contributed by atoms with Gasteiger partial charge in [0, 0.05) is 16.9 Å². The lowest BCUT2D eigenvalue weighted by molar-refractivity contribution is -0.120. The lowest BCUT2D eigenvalue weighted by atomic mass is 10.1. The summed E-state index contributed by atoms with van der Waals surface area (Å²) in [4.78, 5) is 39.8. The Morgan fingerprint density at radius 2 is 1.65 bits per heavy atom. The molecule has 2 N–H and O–H groups in total. The minimum Gasteiger partial charge on any atom is -0.494 e. The molecule has 0 unspecified atom stereocenters. The summed E-state index contributed by atoms with van der Waals surface area (Å²) in [6, 6.07) is 19.3. The highest BCUT2D eigenvalue weighted by Crippen LogP contribution is 2.31. The lowest BCUT2D eigenvalue weighted by Crippen LogP contribution is -2.32. The van der Waals surface area contributed by atoms with Gasteiger partial charge in [0.15, 0.2) is 0 Å². The first-order chi connectivity index (χ1) is 17.8. The second-order valence-corrected chi connectivity index (χ2v) is 9.18. The Kier molecular flexibility index (Phi) is 7.94. The number of ether oxygens (including phenoxy) is 1. The van der Waals surface area contributed by atoms with Crippen LogP contribution in [0.25, 0.3) is 0 Å². The maximum absolute atomic E-state index is 13.1. The minimum atomic E-state index is -0.605. The Labute approximate surface area is 221 Å². The minimum absolute atomic E-state index is 0.0356. The van der Waals surface area contributed by atoms with Gasteiger partial charge in [-0.3, -0.25) is 14.4 Å². The number of hydrogen-bond acceptors (Lipinski definition) is 5. The Morgan fingerprint density at radius 1 is 0.946 bits per heavy atom. The summed E-state index contributed by atoms with van der Waals surface area (Å²) in [6.45, 7) is 6.50. The van der Waals surface area contributed by atoms with Crippen LogP contribution in [0.4, 0.5) is 17.1 Å². The monoisotopic (exact) mass is 517 g/mol. The van der Waals surface area contributed by atoms with Crippen molar-refractivity contribution in [2.75, 3.05) is 22.1 Å². The third kappa shape index (κ3) is 5.84. The van der Waals surface area contributed by atoms with E-state index in [1.807, 2.05) is 38.1 Å². The molecule has 3 amide bonds. The third-order valence-corrected chi connectivity index (χ3v) is 6.31. The zero-order chi connectivity index (χ0) is 26.5. The van der Waals surface area contributed by atoms with Crippen molar-refractivity contribution in [1.82, 2.24) is 0 Å². The Hall–Kier alpha value is -4.10. The van der Waals surface area contributed by atoms with E-state index in [-0.39, 0.29) is 16.6 Å². The molecule has 1 heterocycles. The summed E-state index contributed by atoms with van der Waals surface area (Å²) in [5, 5.41) is 5.63. The molecule has 0 saturated carbocycles. The highest BCUT2D eigenvalue weighted by molar-refractivity contribution is 6.53. The highest BCUT2D eigenvalue weighted by Gasteiger charge is 2.39. The summed E-state index contributed by atoms with van der Waals surface area (Å²) >= 11 is 6.28. The van der Waals surface area contributed by atoms with Gasteiger partial charge in [0.2, 0.25) is 0 Å². The number of halogens is 1. The molecule has 37 heavy (non-hydrogen) atoms.